The first-order valence-electron chi connectivity index (χ1n) is 6.31. The van der Waals surface area contributed by atoms with E-state index >= 15 is 0 Å². The van der Waals surface area contributed by atoms with Gasteiger partial charge in [-0.15, -0.1) is 0 Å². The van der Waals surface area contributed by atoms with Crippen molar-refractivity contribution in [2.75, 3.05) is 26.8 Å². The number of benzene rings is 1. The summed E-state index contributed by atoms with van der Waals surface area (Å²) in [5.74, 6) is 0. The Balaban J connectivity index is 2.43. The first-order chi connectivity index (χ1) is 8.95. The highest BCUT2D eigenvalue weighted by Crippen LogP contribution is 2.30. The molecule has 1 rings (SSSR count). The van der Waals surface area contributed by atoms with Crippen LogP contribution >= 0.6 is 0 Å². The van der Waals surface area contributed by atoms with Crippen molar-refractivity contribution < 1.29 is 17.9 Å². The van der Waals surface area contributed by atoms with Crippen molar-refractivity contribution in [3.63, 3.8) is 0 Å². The van der Waals surface area contributed by atoms with Gasteiger partial charge in [0.15, 0.2) is 0 Å². The van der Waals surface area contributed by atoms with Crippen LogP contribution in [0, 0.1) is 6.92 Å². The number of aryl methyl sites for hydroxylation is 2. The summed E-state index contributed by atoms with van der Waals surface area (Å²) >= 11 is 0. The second-order valence-corrected chi connectivity index (χ2v) is 4.49. The van der Waals surface area contributed by atoms with Crippen molar-refractivity contribution in [2.24, 2.45) is 0 Å². The third kappa shape index (κ3) is 5.61. The Morgan fingerprint density at radius 3 is 2.53 bits per heavy atom. The van der Waals surface area contributed by atoms with E-state index in [4.69, 9.17) is 4.74 Å². The minimum Gasteiger partial charge on any atom is -0.383 e. The summed E-state index contributed by atoms with van der Waals surface area (Å²) in [5.41, 5.74) is 1.10. The molecular formula is C14H20F3NO. The minimum atomic E-state index is -4.26. The van der Waals surface area contributed by atoms with Crippen molar-refractivity contribution >= 4 is 0 Å². The Kier molecular flexibility index (Phi) is 6.31. The molecule has 0 amide bonds. The molecule has 108 valence electrons. The van der Waals surface area contributed by atoms with Crippen LogP contribution in [0.5, 0.6) is 0 Å². The molecule has 0 aromatic heterocycles. The van der Waals surface area contributed by atoms with E-state index in [-0.39, 0.29) is 0 Å². The molecule has 0 heterocycles. The van der Waals surface area contributed by atoms with Gasteiger partial charge in [-0.3, -0.25) is 0 Å². The number of nitrogens with one attached hydrogen (secondary N) is 1. The molecule has 0 saturated carbocycles. The molecule has 0 aliphatic rings. The maximum absolute atomic E-state index is 12.5. The standard InChI is InChI=1S/C14H20F3NO/c1-11-10-13(14(15,16)17)6-5-12(11)4-3-7-18-8-9-19-2/h5-6,10,18H,3-4,7-9H2,1-2H3. The third-order valence-electron chi connectivity index (χ3n) is 2.95. The summed E-state index contributed by atoms with van der Waals surface area (Å²) in [7, 11) is 1.65. The van der Waals surface area contributed by atoms with E-state index in [1.54, 1.807) is 20.1 Å². The van der Waals surface area contributed by atoms with E-state index in [9.17, 15) is 13.2 Å². The van der Waals surface area contributed by atoms with E-state index in [1.807, 2.05) is 0 Å². The van der Waals surface area contributed by atoms with Crippen molar-refractivity contribution in [2.45, 2.75) is 25.9 Å². The average molecular weight is 275 g/mol. The van der Waals surface area contributed by atoms with E-state index < -0.39 is 11.7 Å². The Morgan fingerprint density at radius 2 is 1.95 bits per heavy atom. The first-order valence-corrected chi connectivity index (χ1v) is 6.31. The molecule has 1 aromatic rings. The number of halogens is 3. The van der Waals surface area contributed by atoms with E-state index in [0.29, 0.717) is 12.2 Å². The third-order valence-corrected chi connectivity index (χ3v) is 2.95. The molecule has 0 saturated heterocycles. The smallest absolute Gasteiger partial charge is 0.383 e. The number of methoxy groups -OCH3 is 1. The van der Waals surface area contributed by atoms with E-state index in [1.165, 1.54) is 6.07 Å². The normalized spacial score (nSPS) is 11.8. The number of alkyl halides is 3. The fourth-order valence-electron chi connectivity index (χ4n) is 1.86. The summed E-state index contributed by atoms with van der Waals surface area (Å²) in [6.45, 7) is 4.02. The minimum absolute atomic E-state index is 0.577. The quantitative estimate of drug-likeness (QED) is 0.772. The molecule has 0 atom stereocenters. The van der Waals surface area contributed by atoms with Gasteiger partial charge in [-0.05, 0) is 49.6 Å². The summed E-state index contributed by atoms with van der Waals surface area (Å²) in [5, 5.41) is 3.21. The van der Waals surface area contributed by atoms with Gasteiger partial charge in [-0.1, -0.05) is 6.07 Å². The summed E-state index contributed by atoms with van der Waals surface area (Å²) in [4.78, 5) is 0. The van der Waals surface area contributed by atoms with Crippen molar-refractivity contribution in [1.82, 2.24) is 5.32 Å². The highest BCUT2D eigenvalue weighted by molar-refractivity contribution is 5.32. The van der Waals surface area contributed by atoms with Crippen LogP contribution in [0.3, 0.4) is 0 Å². The number of ether oxygens (including phenoxy) is 1. The zero-order valence-corrected chi connectivity index (χ0v) is 11.3. The van der Waals surface area contributed by atoms with Crippen LogP contribution in [0.4, 0.5) is 13.2 Å². The number of hydrogen-bond acceptors (Lipinski definition) is 2. The van der Waals surface area contributed by atoms with Gasteiger partial charge in [0.2, 0.25) is 0 Å². The maximum atomic E-state index is 12.5. The van der Waals surface area contributed by atoms with Gasteiger partial charge < -0.3 is 10.1 Å². The highest BCUT2D eigenvalue weighted by atomic mass is 19.4. The summed E-state index contributed by atoms with van der Waals surface area (Å²) < 4.78 is 42.4. The number of rotatable bonds is 7. The Morgan fingerprint density at radius 1 is 1.21 bits per heavy atom. The summed E-state index contributed by atoms with van der Waals surface area (Å²) in [6.07, 6.45) is -2.58. The van der Waals surface area contributed by atoms with E-state index in [0.717, 1.165) is 37.6 Å². The van der Waals surface area contributed by atoms with Crippen LogP contribution in [-0.2, 0) is 17.3 Å². The van der Waals surface area contributed by atoms with Gasteiger partial charge in [0.05, 0.1) is 12.2 Å². The molecule has 0 aliphatic heterocycles. The van der Waals surface area contributed by atoms with Crippen LogP contribution in [0.1, 0.15) is 23.1 Å². The number of hydrogen-bond donors (Lipinski definition) is 1. The van der Waals surface area contributed by atoms with Crippen LogP contribution in [0.25, 0.3) is 0 Å². The second-order valence-electron chi connectivity index (χ2n) is 4.49. The van der Waals surface area contributed by atoms with Gasteiger partial charge in [-0.25, -0.2) is 0 Å². The van der Waals surface area contributed by atoms with E-state index in [2.05, 4.69) is 5.32 Å². The molecule has 5 heteroatoms. The molecule has 0 spiro atoms. The fraction of sp³-hybridized carbons (Fsp3) is 0.571. The topological polar surface area (TPSA) is 21.3 Å². The molecule has 0 fully saturated rings. The zero-order valence-electron chi connectivity index (χ0n) is 11.3. The molecular weight excluding hydrogens is 255 g/mol. The predicted molar refractivity (Wildman–Crippen MR) is 69.2 cm³/mol. The highest BCUT2D eigenvalue weighted by Gasteiger charge is 2.30. The summed E-state index contributed by atoms with van der Waals surface area (Å²) in [6, 6.07) is 3.95. The monoisotopic (exact) mass is 275 g/mol. The lowest BCUT2D eigenvalue weighted by Gasteiger charge is -2.11. The lowest BCUT2D eigenvalue weighted by atomic mass is 10.0. The van der Waals surface area contributed by atoms with Crippen LogP contribution in [0.2, 0.25) is 0 Å². The maximum Gasteiger partial charge on any atom is 0.416 e. The molecule has 0 unspecified atom stereocenters. The Bertz CT molecular complexity index is 391. The lowest BCUT2D eigenvalue weighted by Crippen LogP contribution is -2.20. The van der Waals surface area contributed by atoms with Crippen LogP contribution in [-0.4, -0.2) is 26.8 Å². The van der Waals surface area contributed by atoms with Gasteiger partial charge in [0.25, 0.3) is 0 Å². The van der Waals surface area contributed by atoms with Gasteiger partial charge in [0.1, 0.15) is 0 Å². The fourth-order valence-corrected chi connectivity index (χ4v) is 1.86. The van der Waals surface area contributed by atoms with Gasteiger partial charge in [-0.2, -0.15) is 13.2 Å². The largest absolute Gasteiger partial charge is 0.416 e. The molecule has 0 radical (unpaired) electrons. The SMILES string of the molecule is COCCNCCCc1ccc(C(F)(F)F)cc1C. The Hall–Kier alpha value is -1.07. The van der Waals surface area contributed by atoms with Gasteiger partial charge in [0, 0.05) is 13.7 Å². The first kappa shape index (κ1) is 16.0. The van der Waals surface area contributed by atoms with Crippen LogP contribution in [0.15, 0.2) is 18.2 Å². The molecule has 2 nitrogen and oxygen atoms in total. The van der Waals surface area contributed by atoms with Crippen LogP contribution < -0.4 is 5.32 Å². The van der Waals surface area contributed by atoms with Gasteiger partial charge >= 0.3 is 6.18 Å². The predicted octanol–water partition coefficient (Wildman–Crippen LogP) is 3.18. The van der Waals surface area contributed by atoms with Crippen molar-refractivity contribution in [1.29, 1.82) is 0 Å². The molecule has 1 aromatic carbocycles. The Labute approximate surface area is 112 Å². The molecule has 0 aliphatic carbocycles. The lowest BCUT2D eigenvalue weighted by molar-refractivity contribution is -0.137. The van der Waals surface area contributed by atoms with Crippen molar-refractivity contribution in [3.05, 3.63) is 34.9 Å². The average Bonchev–Trinajstić information content (AvgIpc) is 2.34. The molecule has 0 bridgehead atoms. The zero-order chi connectivity index (χ0) is 14.3. The molecule has 19 heavy (non-hydrogen) atoms. The molecule has 1 N–H and O–H groups in total. The second kappa shape index (κ2) is 7.50. The van der Waals surface area contributed by atoms with Crippen molar-refractivity contribution in [3.8, 4) is 0 Å².